The summed E-state index contributed by atoms with van der Waals surface area (Å²) in [6.45, 7) is 59.3. The predicted molar refractivity (Wildman–Crippen MR) is 542 cm³/mol. The van der Waals surface area contributed by atoms with Gasteiger partial charge >= 0.3 is 0 Å². The number of hydrogen-bond donors (Lipinski definition) is 11. The molecule has 12 amide bonds. The van der Waals surface area contributed by atoms with E-state index in [0.717, 1.165) is 157 Å². The molecule has 0 aromatic heterocycles. The van der Waals surface area contributed by atoms with E-state index in [4.69, 9.17) is 0 Å². The van der Waals surface area contributed by atoms with Crippen molar-refractivity contribution >= 4 is 82.6 Å². The summed E-state index contributed by atoms with van der Waals surface area (Å²) in [5.41, 5.74) is 6.43. The van der Waals surface area contributed by atoms with Crippen molar-refractivity contribution in [2.75, 3.05) is 182 Å². The zero-order chi connectivity index (χ0) is 100.0. The number of thioether (sulfide) groups is 1. The molecule has 5 aliphatic heterocycles. The molecule has 5 aliphatic rings. The van der Waals surface area contributed by atoms with Gasteiger partial charge in [0.2, 0.25) is 29.5 Å². The fourth-order valence-corrected chi connectivity index (χ4v) is 15.5. The average Bonchev–Trinajstić information content (AvgIpc) is 1.64. The number of carbonyl (C=O) groups excluding carboxylic acids is 12. The molecule has 6 aromatic carbocycles. The van der Waals surface area contributed by atoms with Crippen molar-refractivity contribution in [2.24, 2.45) is 32.5 Å². The smallest absolute Gasteiger partial charge is 0.261 e. The molecule has 31 heteroatoms. The van der Waals surface area contributed by atoms with E-state index in [1.54, 1.807) is 54.6 Å². The zero-order valence-electron chi connectivity index (χ0n) is 84.4. The lowest BCUT2D eigenvalue weighted by atomic mass is 9.95. The summed E-state index contributed by atoms with van der Waals surface area (Å²) in [5.74, 6) is 1.02. The Labute approximate surface area is 812 Å². The molecule has 4 saturated heterocycles. The van der Waals surface area contributed by atoms with Gasteiger partial charge in [-0.2, -0.15) is 11.8 Å². The van der Waals surface area contributed by atoms with E-state index in [1.807, 2.05) is 207 Å². The van der Waals surface area contributed by atoms with Crippen LogP contribution in [-0.2, 0) is 56.7 Å². The van der Waals surface area contributed by atoms with Crippen LogP contribution in [-0.4, -0.2) is 287 Å². The molecule has 30 nitrogen and oxygen atoms in total. The largest absolute Gasteiger partial charge is 0.352 e. The van der Waals surface area contributed by atoms with E-state index in [0.29, 0.717) is 103 Å². The number of hydrogen-bond acceptors (Lipinski definition) is 20. The lowest BCUT2D eigenvalue weighted by Gasteiger charge is -2.37. The lowest BCUT2D eigenvalue weighted by Crippen LogP contribution is -2.50. The second-order valence-corrected chi connectivity index (χ2v) is 42.8. The summed E-state index contributed by atoms with van der Waals surface area (Å²) in [4.78, 5) is 162. The molecule has 4 fully saturated rings. The van der Waals surface area contributed by atoms with Crippen LogP contribution >= 0.6 is 11.8 Å². The SMILES string of the molecule is CC(C)(C)C(=O)NCc1cccc(C(=O)NCCN2C(=O)c3ccccc3C2=O)c1.CC(C)(C)C(=O)NCc1cccc(C(=O)NCCN2CCNCC2)c1.CC(C)(C)C(=O)NCc1cccc(C(=O)NCCN2CCSCC2)c1.CC(C)(C)CN1CCN(CCNC(=O)c2cccc(CNC(=O)C(C)(C)C)c2)CC1.CN1CCN(CCNC(=O)c2cccc(CNC(=O)C(C)(C)C)c2)CC1. The van der Waals surface area contributed by atoms with Crippen LogP contribution in [0.25, 0.3) is 0 Å². The van der Waals surface area contributed by atoms with E-state index in [9.17, 15) is 57.5 Å². The molecular weight excluding hydrogens is 1740 g/mol. The Bertz CT molecular complexity index is 4780. The van der Waals surface area contributed by atoms with Gasteiger partial charge in [0.25, 0.3) is 41.4 Å². The van der Waals surface area contributed by atoms with Crippen molar-refractivity contribution in [3.63, 3.8) is 0 Å². The fraction of sp³-hybridized carbons (Fsp3) is 0.543. The second kappa shape index (κ2) is 54.4. The standard InChI is InChI=1S/C24H40N4O2.C23H25N3O4.C20H32N4O2.C19H30N4O2.C19H29N3O2S/c1-23(2,3)18-28-14-12-27(13-15-28)11-10-25-21(29)20-9-7-8-19(16-20)17-26-22(30)24(4,5)6;1-23(2,3)22(30)25-14-15-7-6-8-16(13-15)19(27)24-11-12-26-20(28)17-9-4-5-10-18(17)21(26)29;1-20(2,3)19(26)22-15-16-6-5-7-17(14-16)18(25)21-8-9-24-12-10-23(4)11-13-24;1-19(2,3)18(25)22-14-15-5-4-6-16(13-15)17(24)21-9-12-23-10-7-20-8-11-23;1-19(2,3)18(24)21-14-15-5-4-6-16(13-15)17(23)20-7-8-22-9-11-25-12-10-22/h7-9,16H,10-15,17-18H2,1-6H3,(H,25,29)(H,26,30);4-10,13H,11-12,14H2,1-3H3,(H,24,27)(H,25,30);5-7,14H,8-13,15H2,1-4H3,(H,21,25)(H,22,26);4-6,13,20H,7-12,14H2,1-3H3,(H,21,24)(H,22,25);4-6,13H,7-12,14H2,1-3H3,(H,20,23)(H,21,24). The minimum Gasteiger partial charge on any atom is -0.352 e. The second-order valence-electron chi connectivity index (χ2n) is 41.6. The van der Waals surface area contributed by atoms with Gasteiger partial charge in [-0.25, -0.2) is 0 Å². The Morgan fingerprint density at radius 3 is 0.801 bits per heavy atom. The van der Waals surface area contributed by atoms with Crippen LogP contribution < -0.4 is 58.5 Å². The summed E-state index contributed by atoms with van der Waals surface area (Å²) < 4.78 is 0. The maximum atomic E-state index is 12.5. The van der Waals surface area contributed by atoms with E-state index >= 15 is 0 Å². The van der Waals surface area contributed by atoms with Crippen molar-refractivity contribution in [1.29, 1.82) is 0 Å². The van der Waals surface area contributed by atoms with E-state index < -0.39 is 27.1 Å². The molecular formula is C105H156N18O12S. The first-order valence-electron chi connectivity index (χ1n) is 47.9. The number of imide groups is 1. The molecule has 0 aliphatic carbocycles. The number of carbonyl (C=O) groups is 12. The monoisotopic (exact) mass is 1890 g/mol. The highest BCUT2D eigenvalue weighted by molar-refractivity contribution is 7.99. The third kappa shape index (κ3) is 40.9. The van der Waals surface area contributed by atoms with Crippen LogP contribution in [0, 0.1) is 32.5 Å². The van der Waals surface area contributed by atoms with Gasteiger partial charge in [-0.15, -0.1) is 0 Å². The van der Waals surface area contributed by atoms with Gasteiger partial charge in [0.1, 0.15) is 0 Å². The van der Waals surface area contributed by atoms with Crippen LogP contribution in [0.4, 0.5) is 0 Å². The third-order valence-corrected chi connectivity index (χ3v) is 24.0. The average molecular weight is 1890 g/mol. The van der Waals surface area contributed by atoms with Gasteiger partial charge in [-0.05, 0) is 113 Å². The van der Waals surface area contributed by atoms with Crippen LogP contribution in [0.5, 0.6) is 0 Å². The number of fused-ring (bicyclic) bond motifs is 1. The summed E-state index contributed by atoms with van der Waals surface area (Å²) in [7, 11) is 2.13. The van der Waals surface area contributed by atoms with Gasteiger partial charge in [0, 0.05) is 263 Å². The lowest BCUT2D eigenvalue weighted by molar-refractivity contribution is -0.129. The molecule has 11 rings (SSSR count). The number of amides is 12. The highest BCUT2D eigenvalue weighted by Crippen LogP contribution is 2.25. The summed E-state index contributed by atoms with van der Waals surface area (Å²) in [6.07, 6.45) is 0. The number of likely N-dealkylation sites (N-methyl/N-ethyl adjacent to an activating group) is 1. The Morgan fingerprint density at radius 2 is 0.537 bits per heavy atom. The van der Waals surface area contributed by atoms with Crippen molar-refractivity contribution in [3.05, 3.63) is 212 Å². The minimum absolute atomic E-state index is 0.0000446. The quantitative estimate of drug-likeness (QED) is 0.0180. The molecule has 0 unspecified atom stereocenters. The first-order chi connectivity index (χ1) is 64.1. The van der Waals surface area contributed by atoms with Crippen molar-refractivity contribution < 1.29 is 57.5 Å². The maximum Gasteiger partial charge on any atom is 0.261 e. The Kier molecular flexibility index (Phi) is 44.9. The highest BCUT2D eigenvalue weighted by Gasteiger charge is 2.35. The number of piperazine rings is 3. The van der Waals surface area contributed by atoms with Crippen molar-refractivity contribution in [3.8, 4) is 0 Å². The van der Waals surface area contributed by atoms with Crippen LogP contribution in [0.1, 0.15) is 225 Å². The number of nitrogens with one attached hydrogen (secondary N) is 11. The maximum absolute atomic E-state index is 12.5. The first-order valence-corrected chi connectivity index (χ1v) is 49.1. The van der Waals surface area contributed by atoms with Gasteiger partial charge < -0.3 is 68.3 Å². The number of nitrogens with zero attached hydrogens (tertiary/aromatic N) is 7. The molecule has 6 aromatic rings. The summed E-state index contributed by atoms with van der Waals surface area (Å²) in [5, 5.41) is 32.6. The van der Waals surface area contributed by atoms with Crippen LogP contribution in [0.2, 0.25) is 0 Å². The molecule has 0 spiro atoms. The van der Waals surface area contributed by atoms with Crippen LogP contribution in [0.15, 0.2) is 146 Å². The molecule has 0 bridgehead atoms. The zero-order valence-corrected chi connectivity index (χ0v) is 85.2. The Morgan fingerprint density at radius 1 is 0.294 bits per heavy atom. The molecule has 744 valence electrons. The van der Waals surface area contributed by atoms with Gasteiger partial charge in [-0.3, -0.25) is 82.0 Å². The van der Waals surface area contributed by atoms with Crippen LogP contribution in [0.3, 0.4) is 0 Å². The van der Waals surface area contributed by atoms with Crippen molar-refractivity contribution in [1.82, 2.24) is 92.8 Å². The molecule has 5 heterocycles. The Hall–Kier alpha value is -10.8. The number of rotatable bonds is 31. The normalized spacial score (nSPS) is 15.4. The molecule has 0 saturated carbocycles. The summed E-state index contributed by atoms with van der Waals surface area (Å²) in [6, 6.07) is 43.3. The highest BCUT2D eigenvalue weighted by atomic mass is 32.2. The molecule has 136 heavy (non-hydrogen) atoms. The first kappa shape index (κ1) is 112. The van der Waals surface area contributed by atoms with E-state index in [-0.39, 0.29) is 84.0 Å². The minimum atomic E-state index is -0.487. The van der Waals surface area contributed by atoms with Crippen molar-refractivity contribution in [2.45, 2.75) is 157 Å². The van der Waals surface area contributed by atoms with Gasteiger partial charge in [-0.1, -0.05) is 197 Å². The van der Waals surface area contributed by atoms with E-state index in [2.05, 4.69) is 116 Å². The topological polar surface area (TPSA) is 360 Å². The van der Waals surface area contributed by atoms with Gasteiger partial charge in [0.15, 0.2) is 0 Å². The summed E-state index contributed by atoms with van der Waals surface area (Å²) >= 11 is 1.99. The fourth-order valence-electron chi connectivity index (χ4n) is 14.6. The van der Waals surface area contributed by atoms with Gasteiger partial charge in [0.05, 0.1) is 11.1 Å². The third-order valence-electron chi connectivity index (χ3n) is 23.0. The molecule has 11 N–H and O–H groups in total. The molecule has 0 radical (unpaired) electrons. The predicted octanol–water partition coefficient (Wildman–Crippen LogP) is 9.55. The number of benzene rings is 6. The molecule has 0 atom stereocenters. The van der Waals surface area contributed by atoms with E-state index in [1.165, 1.54) is 11.5 Å². The Balaban J connectivity index is 0.000000232.